The zero-order valence-electron chi connectivity index (χ0n) is 15.3. The minimum absolute atomic E-state index is 0.282. The first-order valence-corrected chi connectivity index (χ1v) is 10.3. The Bertz CT molecular complexity index is 844. The van der Waals surface area contributed by atoms with Crippen molar-refractivity contribution in [2.45, 2.75) is 38.4 Å². The Labute approximate surface area is 170 Å². The number of piperidine rings is 1. The number of benzene rings is 1. The fourth-order valence-electron chi connectivity index (χ4n) is 3.60. The minimum Gasteiger partial charge on any atom is -0.481 e. The molecule has 152 valence electrons. The third-order valence-corrected chi connectivity index (χ3v) is 6.79. The van der Waals surface area contributed by atoms with E-state index in [9.17, 15) is 23.1 Å². The lowest BCUT2D eigenvalue weighted by molar-refractivity contribution is -0.143. The number of carboxylic acid groups (broad SMARTS) is 1. The van der Waals surface area contributed by atoms with Crippen molar-refractivity contribution in [2.75, 3.05) is 13.1 Å². The van der Waals surface area contributed by atoms with Gasteiger partial charge in [-0.15, -0.1) is 11.3 Å². The number of hydrogen-bond donors (Lipinski definition) is 1. The van der Waals surface area contributed by atoms with Crippen LogP contribution in [0.2, 0.25) is 5.02 Å². The molecule has 3 rings (SSSR count). The fourth-order valence-corrected chi connectivity index (χ4v) is 4.92. The van der Waals surface area contributed by atoms with Gasteiger partial charge in [-0.3, -0.25) is 9.69 Å². The molecular formula is C20H21ClF3NO2S. The van der Waals surface area contributed by atoms with Crippen LogP contribution in [0.5, 0.6) is 0 Å². The van der Waals surface area contributed by atoms with Crippen LogP contribution >= 0.6 is 22.9 Å². The van der Waals surface area contributed by atoms with Crippen molar-refractivity contribution in [1.82, 2.24) is 4.90 Å². The number of carbonyl (C=O) groups is 1. The lowest BCUT2D eigenvalue weighted by Crippen LogP contribution is -2.39. The minimum atomic E-state index is -4.45. The predicted octanol–water partition coefficient (Wildman–Crippen LogP) is 5.87. The van der Waals surface area contributed by atoms with Gasteiger partial charge in [0, 0.05) is 14.8 Å². The number of rotatable bonds is 5. The number of likely N-dealkylation sites (tertiary alicyclic amines) is 1. The third kappa shape index (κ3) is 4.53. The van der Waals surface area contributed by atoms with Gasteiger partial charge in [0.05, 0.1) is 17.5 Å². The zero-order chi connectivity index (χ0) is 20.5. The third-order valence-electron chi connectivity index (χ3n) is 5.16. The number of halogens is 4. The Morgan fingerprint density at radius 3 is 2.50 bits per heavy atom. The van der Waals surface area contributed by atoms with Crippen LogP contribution in [0.15, 0.2) is 30.3 Å². The van der Waals surface area contributed by atoms with E-state index < -0.39 is 29.7 Å². The average Bonchev–Trinajstić information content (AvgIpc) is 3.11. The van der Waals surface area contributed by atoms with E-state index >= 15 is 0 Å². The molecule has 1 atom stereocenters. The maximum absolute atomic E-state index is 13.3. The first-order chi connectivity index (χ1) is 13.2. The van der Waals surface area contributed by atoms with Crippen molar-refractivity contribution in [1.29, 1.82) is 0 Å². The van der Waals surface area contributed by atoms with E-state index in [1.807, 2.05) is 24.0 Å². The highest BCUT2D eigenvalue weighted by atomic mass is 35.5. The number of alkyl halides is 3. The van der Waals surface area contributed by atoms with Crippen LogP contribution in [-0.2, 0) is 17.4 Å². The number of thiophene rings is 1. The molecule has 1 aromatic heterocycles. The van der Waals surface area contributed by atoms with Crippen molar-refractivity contribution in [3.05, 3.63) is 56.2 Å². The Hall–Kier alpha value is -1.57. The average molecular weight is 432 g/mol. The van der Waals surface area contributed by atoms with Crippen molar-refractivity contribution >= 4 is 28.9 Å². The number of hydrogen-bond acceptors (Lipinski definition) is 3. The Balaban J connectivity index is 2.01. The number of aryl methyl sites for hydroxylation is 1. The highest BCUT2D eigenvalue weighted by molar-refractivity contribution is 7.12. The summed E-state index contributed by atoms with van der Waals surface area (Å²) < 4.78 is 39.9. The van der Waals surface area contributed by atoms with Gasteiger partial charge in [0.15, 0.2) is 0 Å². The maximum atomic E-state index is 13.3. The van der Waals surface area contributed by atoms with Crippen LogP contribution in [0.25, 0.3) is 0 Å². The quantitative estimate of drug-likeness (QED) is 0.643. The molecule has 1 saturated heterocycles. The van der Waals surface area contributed by atoms with Gasteiger partial charge in [0.25, 0.3) is 0 Å². The van der Waals surface area contributed by atoms with E-state index in [0.717, 1.165) is 28.3 Å². The van der Waals surface area contributed by atoms with E-state index in [1.54, 1.807) is 11.3 Å². The molecule has 1 fully saturated rings. The van der Waals surface area contributed by atoms with Gasteiger partial charge in [-0.25, -0.2) is 0 Å². The monoisotopic (exact) mass is 431 g/mol. The SMILES string of the molecule is CCc1ccc(C(c2cc(C(F)(F)F)ccc2Cl)N2CCC(C(=O)O)CC2)s1. The molecule has 28 heavy (non-hydrogen) atoms. The van der Waals surface area contributed by atoms with Gasteiger partial charge in [-0.2, -0.15) is 13.2 Å². The molecule has 0 aliphatic carbocycles. The normalized spacial score (nSPS) is 17.6. The van der Waals surface area contributed by atoms with Gasteiger partial charge >= 0.3 is 12.1 Å². The van der Waals surface area contributed by atoms with Crippen LogP contribution in [0.1, 0.15) is 46.7 Å². The summed E-state index contributed by atoms with van der Waals surface area (Å²) in [6.07, 6.45) is -2.68. The molecule has 2 aromatic rings. The molecule has 3 nitrogen and oxygen atoms in total. The van der Waals surface area contributed by atoms with Crippen molar-refractivity contribution in [3.8, 4) is 0 Å². The molecular weight excluding hydrogens is 411 g/mol. The number of nitrogens with zero attached hydrogens (tertiary/aromatic N) is 1. The Morgan fingerprint density at radius 1 is 1.29 bits per heavy atom. The molecule has 0 radical (unpaired) electrons. The van der Waals surface area contributed by atoms with E-state index in [4.69, 9.17) is 11.6 Å². The van der Waals surface area contributed by atoms with Crippen LogP contribution in [0.4, 0.5) is 13.2 Å². The van der Waals surface area contributed by atoms with Gasteiger partial charge in [-0.05, 0) is 68.2 Å². The topological polar surface area (TPSA) is 40.5 Å². The molecule has 0 amide bonds. The van der Waals surface area contributed by atoms with Crippen LogP contribution in [0, 0.1) is 5.92 Å². The smallest absolute Gasteiger partial charge is 0.416 e. The first kappa shape index (κ1) is 21.1. The van der Waals surface area contributed by atoms with Gasteiger partial charge < -0.3 is 5.11 Å². The highest BCUT2D eigenvalue weighted by Gasteiger charge is 2.35. The number of aliphatic carboxylic acids is 1. The molecule has 0 saturated carbocycles. The highest BCUT2D eigenvalue weighted by Crippen LogP contribution is 2.41. The standard InChI is InChI=1S/C20H21ClF3NO2S/c1-2-14-4-6-17(28-14)18(25-9-7-12(8-10-25)19(26)27)15-11-13(20(22,23)24)3-5-16(15)21/h3-6,11-12,18H,2,7-10H2,1H3,(H,26,27). The first-order valence-electron chi connectivity index (χ1n) is 9.12. The summed E-state index contributed by atoms with van der Waals surface area (Å²) in [4.78, 5) is 15.4. The summed E-state index contributed by atoms with van der Waals surface area (Å²) in [6, 6.07) is 6.92. The van der Waals surface area contributed by atoms with Crippen LogP contribution in [0.3, 0.4) is 0 Å². The Kier molecular flexibility index (Phi) is 6.37. The summed E-state index contributed by atoms with van der Waals surface area (Å²) >= 11 is 7.91. The van der Waals surface area contributed by atoms with Crippen LogP contribution < -0.4 is 0 Å². The van der Waals surface area contributed by atoms with Gasteiger partial charge in [0.1, 0.15) is 0 Å². The molecule has 1 aliphatic rings. The van der Waals surface area contributed by atoms with E-state index in [2.05, 4.69) is 0 Å². The molecule has 1 aromatic carbocycles. The van der Waals surface area contributed by atoms with E-state index in [1.165, 1.54) is 6.07 Å². The second-order valence-corrected chi connectivity index (χ2v) is 8.55. The lowest BCUT2D eigenvalue weighted by Gasteiger charge is -2.37. The molecule has 2 heterocycles. The molecule has 0 spiro atoms. The van der Waals surface area contributed by atoms with Gasteiger partial charge in [0.2, 0.25) is 0 Å². The van der Waals surface area contributed by atoms with Gasteiger partial charge in [-0.1, -0.05) is 18.5 Å². The molecule has 0 bridgehead atoms. The summed E-state index contributed by atoms with van der Waals surface area (Å²) in [5, 5.41) is 9.52. The fraction of sp³-hybridized carbons (Fsp3) is 0.450. The summed E-state index contributed by atoms with van der Waals surface area (Å²) in [5.41, 5.74) is -0.320. The predicted molar refractivity (Wildman–Crippen MR) is 104 cm³/mol. The van der Waals surface area contributed by atoms with Crippen LogP contribution in [-0.4, -0.2) is 29.1 Å². The zero-order valence-corrected chi connectivity index (χ0v) is 16.9. The summed E-state index contributed by atoms with van der Waals surface area (Å²) in [7, 11) is 0. The molecule has 1 aliphatic heterocycles. The maximum Gasteiger partial charge on any atom is 0.416 e. The van der Waals surface area contributed by atoms with E-state index in [-0.39, 0.29) is 5.02 Å². The van der Waals surface area contributed by atoms with E-state index in [0.29, 0.717) is 31.5 Å². The summed E-state index contributed by atoms with van der Waals surface area (Å²) in [5.74, 6) is -1.24. The molecule has 1 N–H and O–H groups in total. The van der Waals surface area contributed by atoms with Crippen molar-refractivity contribution < 1.29 is 23.1 Å². The number of carboxylic acids is 1. The molecule has 1 unspecified atom stereocenters. The second-order valence-electron chi connectivity index (χ2n) is 6.94. The largest absolute Gasteiger partial charge is 0.481 e. The molecule has 8 heteroatoms. The lowest BCUT2D eigenvalue weighted by atomic mass is 9.93. The Morgan fingerprint density at radius 2 is 1.96 bits per heavy atom. The second kappa shape index (κ2) is 8.43. The van der Waals surface area contributed by atoms with Crippen molar-refractivity contribution in [2.24, 2.45) is 5.92 Å². The van der Waals surface area contributed by atoms with Crippen molar-refractivity contribution in [3.63, 3.8) is 0 Å². The summed E-state index contributed by atoms with van der Waals surface area (Å²) in [6.45, 7) is 3.02.